The standard InChI is InChI=1S/C10H10N2OS/c13-10(9-7-11-14-12-9)6-8-4-2-1-3-5-8/h1-5,7,10,13H,6H2. The minimum Gasteiger partial charge on any atom is -0.386 e. The second kappa shape index (κ2) is 4.30. The fourth-order valence-corrected chi connectivity index (χ4v) is 1.73. The van der Waals surface area contributed by atoms with E-state index in [0.717, 1.165) is 17.3 Å². The summed E-state index contributed by atoms with van der Waals surface area (Å²) in [6.07, 6.45) is 1.65. The summed E-state index contributed by atoms with van der Waals surface area (Å²) in [7, 11) is 0. The van der Waals surface area contributed by atoms with Gasteiger partial charge in [-0.05, 0) is 5.56 Å². The molecule has 14 heavy (non-hydrogen) atoms. The molecule has 1 atom stereocenters. The summed E-state index contributed by atoms with van der Waals surface area (Å²) in [6, 6.07) is 9.86. The third-order valence-corrected chi connectivity index (χ3v) is 2.48. The molecule has 1 aromatic carbocycles. The molecule has 1 N–H and O–H groups in total. The molecule has 1 heterocycles. The maximum absolute atomic E-state index is 9.77. The summed E-state index contributed by atoms with van der Waals surface area (Å²) in [6.45, 7) is 0. The third-order valence-electron chi connectivity index (χ3n) is 1.99. The van der Waals surface area contributed by atoms with Crippen molar-refractivity contribution < 1.29 is 5.11 Å². The van der Waals surface area contributed by atoms with Gasteiger partial charge < -0.3 is 5.11 Å². The first-order chi connectivity index (χ1) is 6.86. The molecule has 0 aliphatic carbocycles. The van der Waals surface area contributed by atoms with Crippen molar-refractivity contribution in [2.45, 2.75) is 12.5 Å². The van der Waals surface area contributed by atoms with Crippen LogP contribution in [-0.4, -0.2) is 13.9 Å². The molecule has 0 amide bonds. The summed E-state index contributed by atoms with van der Waals surface area (Å²) >= 11 is 1.12. The Morgan fingerprint density at radius 3 is 2.71 bits per heavy atom. The van der Waals surface area contributed by atoms with E-state index in [2.05, 4.69) is 8.75 Å². The van der Waals surface area contributed by atoms with Crippen LogP contribution in [0, 0.1) is 0 Å². The lowest BCUT2D eigenvalue weighted by Crippen LogP contribution is -2.01. The van der Waals surface area contributed by atoms with Crippen LogP contribution in [0.5, 0.6) is 0 Å². The van der Waals surface area contributed by atoms with Crippen LogP contribution >= 0.6 is 11.7 Å². The first kappa shape index (κ1) is 9.30. The maximum atomic E-state index is 9.77. The fourth-order valence-electron chi connectivity index (χ4n) is 1.26. The highest BCUT2D eigenvalue weighted by molar-refractivity contribution is 6.99. The Hall–Kier alpha value is -1.26. The lowest BCUT2D eigenvalue weighted by Gasteiger charge is -2.06. The summed E-state index contributed by atoms with van der Waals surface area (Å²) in [5, 5.41) is 9.77. The fraction of sp³-hybridized carbons (Fsp3) is 0.200. The van der Waals surface area contributed by atoms with Gasteiger partial charge in [-0.3, -0.25) is 0 Å². The Morgan fingerprint density at radius 2 is 2.07 bits per heavy atom. The number of aromatic nitrogens is 2. The molecule has 4 heteroatoms. The van der Waals surface area contributed by atoms with Crippen LogP contribution in [0.3, 0.4) is 0 Å². The topological polar surface area (TPSA) is 46.0 Å². The van der Waals surface area contributed by atoms with E-state index >= 15 is 0 Å². The monoisotopic (exact) mass is 206 g/mol. The Labute approximate surface area is 86.4 Å². The van der Waals surface area contributed by atoms with Gasteiger partial charge in [0.1, 0.15) is 11.8 Å². The van der Waals surface area contributed by atoms with E-state index < -0.39 is 6.10 Å². The molecule has 2 aromatic rings. The highest BCUT2D eigenvalue weighted by atomic mass is 32.1. The van der Waals surface area contributed by atoms with Crippen LogP contribution in [0.15, 0.2) is 36.5 Å². The van der Waals surface area contributed by atoms with Crippen LogP contribution in [0.2, 0.25) is 0 Å². The minimum absolute atomic E-state index is 0.545. The summed E-state index contributed by atoms with van der Waals surface area (Å²) in [5.74, 6) is 0. The summed E-state index contributed by atoms with van der Waals surface area (Å²) < 4.78 is 7.85. The van der Waals surface area contributed by atoms with Gasteiger partial charge in [0.2, 0.25) is 0 Å². The van der Waals surface area contributed by atoms with Crippen molar-refractivity contribution in [2.24, 2.45) is 0 Å². The first-order valence-electron chi connectivity index (χ1n) is 4.35. The average Bonchev–Trinajstić information content (AvgIpc) is 2.72. The van der Waals surface area contributed by atoms with E-state index in [1.54, 1.807) is 6.20 Å². The van der Waals surface area contributed by atoms with Crippen molar-refractivity contribution in [1.29, 1.82) is 0 Å². The second-order valence-corrected chi connectivity index (χ2v) is 3.59. The minimum atomic E-state index is -0.545. The molecule has 1 unspecified atom stereocenters. The smallest absolute Gasteiger partial charge is 0.103 e. The van der Waals surface area contributed by atoms with Crippen LogP contribution in [0.4, 0.5) is 0 Å². The summed E-state index contributed by atoms with van der Waals surface area (Å²) in [5.41, 5.74) is 1.76. The van der Waals surface area contributed by atoms with Crippen molar-refractivity contribution in [2.75, 3.05) is 0 Å². The molecule has 72 valence electrons. The molecule has 0 aliphatic heterocycles. The summed E-state index contributed by atoms with van der Waals surface area (Å²) in [4.78, 5) is 0. The van der Waals surface area contributed by atoms with Crippen molar-refractivity contribution >= 4 is 11.7 Å². The third kappa shape index (κ3) is 2.16. The number of rotatable bonds is 3. The highest BCUT2D eigenvalue weighted by Gasteiger charge is 2.10. The Bertz CT molecular complexity index is 374. The van der Waals surface area contributed by atoms with Crippen molar-refractivity contribution in [3.8, 4) is 0 Å². The van der Waals surface area contributed by atoms with Crippen LogP contribution in [-0.2, 0) is 6.42 Å². The Balaban J connectivity index is 2.06. The zero-order valence-corrected chi connectivity index (χ0v) is 8.31. The number of aliphatic hydroxyl groups is 1. The number of hydrogen-bond acceptors (Lipinski definition) is 4. The van der Waals surface area contributed by atoms with Crippen molar-refractivity contribution in [3.05, 3.63) is 47.8 Å². The quantitative estimate of drug-likeness (QED) is 0.833. The number of aliphatic hydroxyl groups excluding tert-OH is 1. The van der Waals surface area contributed by atoms with Gasteiger partial charge in [-0.15, -0.1) is 0 Å². The molecule has 3 nitrogen and oxygen atoms in total. The van der Waals surface area contributed by atoms with Crippen LogP contribution in [0.1, 0.15) is 17.4 Å². The highest BCUT2D eigenvalue weighted by Crippen LogP contribution is 2.15. The normalized spacial score (nSPS) is 12.6. The Morgan fingerprint density at radius 1 is 1.29 bits per heavy atom. The van der Waals surface area contributed by atoms with Crippen LogP contribution in [0.25, 0.3) is 0 Å². The zero-order chi connectivity index (χ0) is 9.80. The van der Waals surface area contributed by atoms with Crippen LogP contribution < -0.4 is 0 Å². The van der Waals surface area contributed by atoms with Gasteiger partial charge in [0, 0.05) is 6.42 Å². The SMILES string of the molecule is OC(Cc1ccccc1)c1cnsn1. The predicted octanol–water partition coefficient (Wildman–Crippen LogP) is 1.81. The van der Waals surface area contributed by atoms with Crippen molar-refractivity contribution in [3.63, 3.8) is 0 Å². The average molecular weight is 206 g/mol. The molecule has 2 rings (SSSR count). The van der Waals surface area contributed by atoms with E-state index in [1.807, 2.05) is 30.3 Å². The molecule has 1 aromatic heterocycles. The predicted molar refractivity (Wildman–Crippen MR) is 55.0 cm³/mol. The number of nitrogens with zero attached hydrogens (tertiary/aromatic N) is 2. The first-order valence-corrected chi connectivity index (χ1v) is 5.09. The molecule has 0 spiro atoms. The molecule has 0 saturated heterocycles. The second-order valence-electron chi connectivity index (χ2n) is 3.04. The van der Waals surface area contributed by atoms with E-state index in [4.69, 9.17) is 0 Å². The largest absolute Gasteiger partial charge is 0.386 e. The van der Waals surface area contributed by atoms with E-state index in [0.29, 0.717) is 12.1 Å². The molecule has 0 radical (unpaired) electrons. The van der Waals surface area contributed by atoms with Gasteiger partial charge in [0.05, 0.1) is 17.9 Å². The Kier molecular flexibility index (Phi) is 2.86. The maximum Gasteiger partial charge on any atom is 0.103 e. The molecule has 0 saturated carbocycles. The molecule has 0 fully saturated rings. The van der Waals surface area contributed by atoms with Gasteiger partial charge >= 0.3 is 0 Å². The van der Waals surface area contributed by atoms with Gasteiger partial charge in [0.25, 0.3) is 0 Å². The molecule has 0 aliphatic rings. The van der Waals surface area contributed by atoms with E-state index in [-0.39, 0.29) is 0 Å². The number of hydrogen-bond donors (Lipinski definition) is 1. The molecule has 0 bridgehead atoms. The molecular weight excluding hydrogens is 196 g/mol. The van der Waals surface area contributed by atoms with Gasteiger partial charge in [0.15, 0.2) is 0 Å². The van der Waals surface area contributed by atoms with Gasteiger partial charge in [-0.2, -0.15) is 8.75 Å². The van der Waals surface area contributed by atoms with E-state index in [1.165, 1.54) is 0 Å². The van der Waals surface area contributed by atoms with Gasteiger partial charge in [-0.1, -0.05) is 30.3 Å². The van der Waals surface area contributed by atoms with Crippen molar-refractivity contribution in [1.82, 2.24) is 8.75 Å². The lowest BCUT2D eigenvalue weighted by atomic mass is 10.1. The number of benzene rings is 1. The van der Waals surface area contributed by atoms with E-state index in [9.17, 15) is 5.11 Å². The zero-order valence-electron chi connectivity index (χ0n) is 7.50. The van der Waals surface area contributed by atoms with Gasteiger partial charge in [-0.25, -0.2) is 0 Å². The molecular formula is C10H10N2OS. The lowest BCUT2D eigenvalue weighted by molar-refractivity contribution is 0.174.